The molecule has 1 nitrogen and oxygen atoms in total. The van der Waals surface area contributed by atoms with Crippen molar-refractivity contribution in [2.75, 3.05) is 6.54 Å². The second-order valence-electron chi connectivity index (χ2n) is 5.13. The van der Waals surface area contributed by atoms with Gasteiger partial charge in [-0.2, -0.15) is 0 Å². The summed E-state index contributed by atoms with van der Waals surface area (Å²) >= 11 is 0. The molecule has 0 heterocycles. The lowest BCUT2D eigenvalue weighted by Crippen LogP contribution is -2.15. The van der Waals surface area contributed by atoms with E-state index in [0.29, 0.717) is 16.7 Å². The fourth-order valence-electron chi connectivity index (χ4n) is 2.81. The molecule has 0 unspecified atom stereocenters. The summed E-state index contributed by atoms with van der Waals surface area (Å²) in [5.74, 6) is 1.50. The normalized spacial score (nSPS) is 30.0. The molecule has 2 N–H and O–H groups in total. The summed E-state index contributed by atoms with van der Waals surface area (Å²) in [4.78, 5) is 0. The SMILES string of the molecule is C[C@H](CN)C1C(C)(C)C1(C)C. The first-order valence-corrected chi connectivity index (χ1v) is 4.55. The van der Waals surface area contributed by atoms with E-state index in [4.69, 9.17) is 5.73 Å². The molecule has 66 valence electrons. The van der Waals surface area contributed by atoms with E-state index in [1.54, 1.807) is 0 Å². The molecule has 0 aliphatic heterocycles. The maximum atomic E-state index is 5.66. The van der Waals surface area contributed by atoms with Crippen LogP contribution in [0.3, 0.4) is 0 Å². The van der Waals surface area contributed by atoms with Crippen LogP contribution in [-0.4, -0.2) is 6.54 Å². The molecule has 0 aromatic heterocycles. The zero-order valence-corrected chi connectivity index (χ0v) is 8.44. The van der Waals surface area contributed by atoms with Crippen LogP contribution < -0.4 is 5.73 Å². The lowest BCUT2D eigenvalue weighted by Gasteiger charge is -2.09. The van der Waals surface area contributed by atoms with E-state index in [1.165, 1.54) is 0 Å². The largest absolute Gasteiger partial charge is 0.330 e. The van der Waals surface area contributed by atoms with Crippen LogP contribution in [0, 0.1) is 22.7 Å². The highest BCUT2D eigenvalue weighted by Crippen LogP contribution is 2.70. The summed E-state index contributed by atoms with van der Waals surface area (Å²) in [6, 6.07) is 0. The number of hydrogen-bond acceptors (Lipinski definition) is 1. The van der Waals surface area contributed by atoms with Crippen LogP contribution in [0.4, 0.5) is 0 Å². The predicted octanol–water partition coefficient (Wildman–Crippen LogP) is 2.26. The van der Waals surface area contributed by atoms with Gasteiger partial charge in [0.1, 0.15) is 0 Å². The van der Waals surface area contributed by atoms with Gasteiger partial charge in [-0.1, -0.05) is 34.6 Å². The molecule has 0 aromatic rings. The van der Waals surface area contributed by atoms with Crippen molar-refractivity contribution in [1.29, 1.82) is 0 Å². The van der Waals surface area contributed by atoms with E-state index >= 15 is 0 Å². The fraction of sp³-hybridized carbons (Fsp3) is 1.00. The van der Waals surface area contributed by atoms with Gasteiger partial charge < -0.3 is 5.73 Å². The van der Waals surface area contributed by atoms with Gasteiger partial charge in [0.25, 0.3) is 0 Å². The Morgan fingerprint density at radius 2 is 1.55 bits per heavy atom. The molecule has 1 aliphatic carbocycles. The fourth-order valence-corrected chi connectivity index (χ4v) is 2.81. The van der Waals surface area contributed by atoms with E-state index in [9.17, 15) is 0 Å². The van der Waals surface area contributed by atoms with E-state index in [1.807, 2.05) is 0 Å². The molecule has 1 rings (SSSR count). The third-order valence-corrected chi connectivity index (χ3v) is 4.07. The molecule has 1 atom stereocenters. The standard InChI is InChI=1S/C10H21N/c1-7(6-11)8-9(2,3)10(8,4)5/h7-8H,6,11H2,1-5H3/t7-/m1/s1. The van der Waals surface area contributed by atoms with Crippen LogP contribution in [0.2, 0.25) is 0 Å². The van der Waals surface area contributed by atoms with Crippen molar-refractivity contribution in [2.24, 2.45) is 28.4 Å². The summed E-state index contributed by atoms with van der Waals surface area (Å²) in [5, 5.41) is 0. The lowest BCUT2D eigenvalue weighted by molar-refractivity contribution is 0.425. The number of rotatable bonds is 2. The summed E-state index contributed by atoms with van der Waals surface area (Å²) in [7, 11) is 0. The second kappa shape index (κ2) is 2.22. The quantitative estimate of drug-likeness (QED) is 0.650. The summed E-state index contributed by atoms with van der Waals surface area (Å²) < 4.78 is 0. The van der Waals surface area contributed by atoms with Gasteiger partial charge in [-0.15, -0.1) is 0 Å². The van der Waals surface area contributed by atoms with Crippen molar-refractivity contribution < 1.29 is 0 Å². The highest BCUT2D eigenvalue weighted by molar-refractivity contribution is 5.13. The average Bonchev–Trinajstić information content (AvgIpc) is 2.24. The molecule has 1 fully saturated rings. The highest BCUT2D eigenvalue weighted by Gasteiger charge is 2.65. The number of hydrogen-bond donors (Lipinski definition) is 1. The molecule has 0 spiro atoms. The van der Waals surface area contributed by atoms with Gasteiger partial charge in [-0.05, 0) is 29.2 Å². The molecule has 0 saturated heterocycles. The van der Waals surface area contributed by atoms with Gasteiger partial charge in [0.2, 0.25) is 0 Å². The molecular weight excluding hydrogens is 134 g/mol. The molecule has 0 radical (unpaired) electrons. The van der Waals surface area contributed by atoms with Gasteiger partial charge in [-0.3, -0.25) is 0 Å². The van der Waals surface area contributed by atoms with Crippen LogP contribution in [0.1, 0.15) is 34.6 Å². The van der Waals surface area contributed by atoms with E-state index in [2.05, 4.69) is 34.6 Å². The molecule has 11 heavy (non-hydrogen) atoms. The first-order chi connectivity index (χ1) is 4.85. The Balaban J connectivity index is 2.67. The first-order valence-electron chi connectivity index (χ1n) is 4.55. The average molecular weight is 155 g/mol. The predicted molar refractivity (Wildman–Crippen MR) is 49.3 cm³/mol. The summed E-state index contributed by atoms with van der Waals surface area (Å²) in [6.07, 6.45) is 0. The third kappa shape index (κ3) is 1.01. The highest BCUT2D eigenvalue weighted by atomic mass is 14.7. The van der Waals surface area contributed by atoms with Crippen LogP contribution in [0.5, 0.6) is 0 Å². The van der Waals surface area contributed by atoms with Crippen LogP contribution in [0.25, 0.3) is 0 Å². The smallest absolute Gasteiger partial charge is 0.00484 e. The Kier molecular flexibility index (Phi) is 1.83. The maximum Gasteiger partial charge on any atom is -0.00484 e. The molecular formula is C10H21N. The minimum atomic E-state index is 0.506. The van der Waals surface area contributed by atoms with Gasteiger partial charge >= 0.3 is 0 Å². The van der Waals surface area contributed by atoms with Gasteiger partial charge in [0.05, 0.1) is 0 Å². The first kappa shape index (κ1) is 9.05. The minimum Gasteiger partial charge on any atom is -0.330 e. The summed E-state index contributed by atoms with van der Waals surface area (Å²) in [6.45, 7) is 12.5. The van der Waals surface area contributed by atoms with E-state index in [-0.39, 0.29) is 0 Å². The van der Waals surface area contributed by atoms with Crippen molar-refractivity contribution in [1.82, 2.24) is 0 Å². The van der Waals surface area contributed by atoms with Crippen molar-refractivity contribution in [3.63, 3.8) is 0 Å². The Morgan fingerprint density at radius 1 is 1.18 bits per heavy atom. The van der Waals surface area contributed by atoms with Gasteiger partial charge in [0.15, 0.2) is 0 Å². The lowest BCUT2D eigenvalue weighted by atomic mass is 9.99. The molecule has 1 heteroatoms. The Hall–Kier alpha value is -0.0400. The van der Waals surface area contributed by atoms with E-state index < -0.39 is 0 Å². The molecule has 0 aromatic carbocycles. The van der Waals surface area contributed by atoms with Crippen molar-refractivity contribution in [3.8, 4) is 0 Å². The van der Waals surface area contributed by atoms with Gasteiger partial charge in [0, 0.05) is 0 Å². The maximum absolute atomic E-state index is 5.66. The minimum absolute atomic E-state index is 0.506. The Bertz CT molecular complexity index is 144. The van der Waals surface area contributed by atoms with Crippen molar-refractivity contribution >= 4 is 0 Å². The van der Waals surface area contributed by atoms with Crippen LogP contribution in [0.15, 0.2) is 0 Å². The number of nitrogens with two attached hydrogens (primary N) is 1. The van der Waals surface area contributed by atoms with E-state index in [0.717, 1.165) is 12.5 Å². The Morgan fingerprint density at radius 3 is 1.64 bits per heavy atom. The molecule has 1 saturated carbocycles. The zero-order chi connectivity index (χ0) is 8.86. The summed E-state index contributed by atoms with van der Waals surface area (Å²) in [5.41, 5.74) is 6.67. The molecule has 0 amide bonds. The molecule has 1 aliphatic rings. The third-order valence-electron chi connectivity index (χ3n) is 4.07. The Labute approximate surface area is 70.4 Å². The van der Waals surface area contributed by atoms with Crippen LogP contribution >= 0.6 is 0 Å². The van der Waals surface area contributed by atoms with Crippen molar-refractivity contribution in [2.45, 2.75) is 34.6 Å². The van der Waals surface area contributed by atoms with Crippen LogP contribution in [-0.2, 0) is 0 Å². The van der Waals surface area contributed by atoms with Gasteiger partial charge in [-0.25, -0.2) is 0 Å². The monoisotopic (exact) mass is 155 g/mol. The zero-order valence-electron chi connectivity index (χ0n) is 8.44. The second-order valence-corrected chi connectivity index (χ2v) is 5.13. The molecule has 0 bridgehead atoms. The topological polar surface area (TPSA) is 26.0 Å². The van der Waals surface area contributed by atoms with Crippen molar-refractivity contribution in [3.05, 3.63) is 0 Å².